The van der Waals surface area contributed by atoms with Crippen molar-refractivity contribution in [2.75, 3.05) is 11.3 Å². The second-order valence-electron chi connectivity index (χ2n) is 4.02. The number of hydrogen-bond donors (Lipinski definition) is 3. The highest BCUT2D eigenvalue weighted by atomic mass is 32.2. The minimum absolute atomic E-state index is 0.0204. The minimum atomic E-state index is -3.77. The molecule has 0 amide bonds. The largest absolute Gasteiger partial charge is 0.384 e. The number of pyridine rings is 1. The molecule has 0 saturated heterocycles. The summed E-state index contributed by atoms with van der Waals surface area (Å²) in [4.78, 5) is 10.7. The molecule has 0 aliphatic heterocycles. The highest BCUT2D eigenvalue weighted by Gasteiger charge is 2.17. The van der Waals surface area contributed by atoms with E-state index in [1.54, 1.807) is 12.1 Å². The lowest BCUT2D eigenvalue weighted by molar-refractivity contribution is 0.350. The smallest absolute Gasteiger partial charge is 0.280 e. The zero-order valence-electron chi connectivity index (χ0n) is 11.3. The maximum absolute atomic E-state index is 12.2. The van der Waals surface area contributed by atoms with Crippen molar-refractivity contribution in [3.8, 4) is 11.8 Å². The second-order valence-corrected chi connectivity index (χ2v) is 5.67. The Hall–Kier alpha value is -2.37. The molecule has 0 aromatic carbocycles. The number of imidazole rings is 1. The second kappa shape index (κ2) is 6.39. The highest BCUT2D eigenvalue weighted by molar-refractivity contribution is 7.92. The number of aliphatic hydroxyl groups excluding tert-OH is 1. The van der Waals surface area contributed by atoms with Crippen LogP contribution in [-0.2, 0) is 16.4 Å². The molecule has 3 N–H and O–H groups in total. The number of aromatic nitrogens is 3. The molecule has 2 aromatic heterocycles. The third-order valence-corrected chi connectivity index (χ3v) is 3.78. The molecule has 0 bridgehead atoms. The summed E-state index contributed by atoms with van der Waals surface area (Å²) in [7, 11) is -3.77. The molecule has 110 valence electrons. The highest BCUT2D eigenvalue weighted by Crippen LogP contribution is 2.13. The topological polar surface area (TPSA) is 108 Å². The number of sulfonamides is 1. The van der Waals surface area contributed by atoms with E-state index in [1.165, 1.54) is 12.3 Å². The van der Waals surface area contributed by atoms with Crippen LogP contribution in [0.4, 0.5) is 5.82 Å². The monoisotopic (exact) mass is 306 g/mol. The molecule has 0 aliphatic rings. The van der Waals surface area contributed by atoms with Gasteiger partial charge in [-0.25, -0.2) is 9.97 Å². The maximum atomic E-state index is 12.2. The number of aryl methyl sites for hydroxylation is 1. The summed E-state index contributed by atoms with van der Waals surface area (Å²) < 4.78 is 26.7. The van der Waals surface area contributed by atoms with E-state index in [2.05, 4.69) is 31.5 Å². The molecule has 8 heteroatoms. The molecule has 0 atom stereocenters. The Morgan fingerprint density at radius 1 is 1.43 bits per heavy atom. The van der Waals surface area contributed by atoms with Crippen LogP contribution in [0.1, 0.15) is 18.4 Å². The van der Waals surface area contributed by atoms with Crippen molar-refractivity contribution >= 4 is 15.8 Å². The van der Waals surface area contributed by atoms with E-state index in [4.69, 9.17) is 5.11 Å². The lowest BCUT2D eigenvalue weighted by Crippen LogP contribution is -2.14. The van der Waals surface area contributed by atoms with Crippen molar-refractivity contribution in [3.05, 3.63) is 35.9 Å². The molecule has 7 nitrogen and oxygen atoms in total. The molecule has 21 heavy (non-hydrogen) atoms. The molecular formula is C13H14N4O3S. The van der Waals surface area contributed by atoms with Gasteiger partial charge in [-0.2, -0.15) is 8.42 Å². The lowest BCUT2D eigenvalue weighted by Gasteiger charge is -2.05. The zero-order valence-corrected chi connectivity index (χ0v) is 12.1. The van der Waals surface area contributed by atoms with Gasteiger partial charge in [-0.05, 0) is 18.1 Å². The molecule has 0 spiro atoms. The van der Waals surface area contributed by atoms with Crippen LogP contribution in [0, 0.1) is 11.8 Å². The van der Waals surface area contributed by atoms with Crippen LogP contribution in [0.2, 0.25) is 0 Å². The van der Waals surface area contributed by atoms with Gasteiger partial charge in [-0.1, -0.05) is 18.9 Å². The Kier molecular flexibility index (Phi) is 4.57. The third-order valence-electron chi connectivity index (χ3n) is 2.51. The predicted octanol–water partition coefficient (Wildman–Crippen LogP) is 0.512. The van der Waals surface area contributed by atoms with Gasteiger partial charge in [0.1, 0.15) is 23.9 Å². The van der Waals surface area contributed by atoms with E-state index in [1.807, 2.05) is 6.92 Å². The summed E-state index contributed by atoms with van der Waals surface area (Å²) in [6.07, 6.45) is 1.87. The van der Waals surface area contributed by atoms with Crippen LogP contribution in [0.25, 0.3) is 0 Å². The first-order chi connectivity index (χ1) is 10.0. The molecule has 0 fully saturated rings. The van der Waals surface area contributed by atoms with Crippen molar-refractivity contribution in [1.82, 2.24) is 15.0 Å². The first-order valence-electron chi connectivity index (χ1n) is 6.18. The van der Waals surface area contributed by atoms with Gasteiger partial charge in [0.2, 0.25) is 0 Å². The summed E-state index contributed by atoms with van der Waals surface area (Å²) in [5.74, 6) is 5.79. The average molecular weight is 306 g/mol. The van der Waals surface area contributed by atoms with Crippen molar-refractivity contribution in [1.29, 1.82) is 0 Å². The summed E-state index contributed by atoms with van der Waals surface area (Å²) in [5, 5.41) is 8.61. The quantitative estimate of drug-likeness (QED) is 0.713. The summed E-state index contributed by atoms with van der Waals surface area (Å²) in [6, 6.07) is 4.75. The average Bonchev–Trinajstić information content (AvgIpc) is 2.95. The van der Waals surface area contributed by atoms with Crippen LogP contribution >= 0.6 is 0 Å². The van der Waals surface area contributed by atoms with Gasteiger partial charge in [0, 0.05) is 6.42 Å². The van der Waals surface area contributed by atoms with Gasteiger partial charge < -0.3 is 10.1 Å². The number of aliphatic hydroxyl groups is 1. The van der Waals surface area contributed by atoms with Crippen LogP contribution in [0.15, 0.2) is 29.4 Å². The lowest BCUT2D eigenvalue weighted by atomic mass is 10.3. The third kappa shape index (κ3) is 3.81. The van der Waals surface area contributed by atoms with E-state index >= 15 is 0 Å². The first kappa shape index (κ1) is 15.0. The van der Waals surface area contributed by atoms with Crippen molar-refractivity contribution < 1.29 is 13.5 Å². The van der Waals surface area contributed by atoms with Gasteiger partial charge in [0.05, 0.1) is 6.20 Å². The fraction of sp³-hybridized carbons (Fsp3) is 0.231. The number of anilines is 1. The zero-order chi connectivity index (χ0) is 15.3. The molecule has 0 unspecified atom stereocenters. The summed E-state index contributed by atoms with van der Waals surface area (Å²) >= 11 is 0. The summed E-state index contributed by atoms with van der Waals surface area (Å²) in [5.41, 5.74) is 0.364. The minimum Gasteiger partial charge on any atom is -0.384 e. The number of hydrogen-bond acceptors (Lipinski definition) is 5. The van der Waals surface area contributed by atoms with Crippen LogP contribution in [-0.4, -0.2) is 35.1 Å². The van der Waals surface area contributed by atoms with Crippen molar-refractivity contribution in [2.45, 2.75) is 18.4 Å². The number of nitrogens with one attached hydrogen (secondary N) is 2. The Morgan fingerprint density at radius 3 is 2.90 bits per heavy atom. The van der Waals surface area contributed by atoms with Gasteiger partial charge in [-0.15, -0.1) is 0 Å². The van der Waals surface area contributed by atoms with E-state index in [9.17, 15) is 8.42 Å². The van der Waals surface area contributed by atoms with E-state index in [-0.39, 0.29) is 17.5 Å². The Balaban J connectivity index is 2.24. The fourth-order valence-electron chi connectivity index (χ4n) is 1.54. The number of rotatable bonds is 4. The molecule has 2 heterocycles. The number of H-pyrrole nitrogens is 1. The van der Waals surface area contributed by atoms with Crippen molar-refractivity contribution in [3.63, 3.8) is 0 Å². The fourth-order valence-corrected chi connectivity index (χ4v) is 2.49. The number of nitrogens with zero attached hydrogens (tertiary/aromatic N) is 2. The van der Waals surface area contributed by atoms with Crippen LogP contribution < -0.4 is 4.72 Å². The maximum Gasteiger partial charge on any atom is 0.280 e. The Labute approximate surface area is 122 Å². The van der Waals surface area contributed by atoms with Crippen molar-refractivity contribution in [2.24, 2.45) is 0 Å². The van der Waals surface area contributed by atoms with Gasteiger partial charge in [0.25, 0.3) is 10.0 Å². The normalized spacial score (nSPS) is 10.8. The standard InChI is InChI=1S/C13H14N4O3S/c1-2-11-14-9-13(16-11)21(19,20)17-12-7-3-5-10(15-12)6-4-8-18/h3,5,7,9,18H,2,8H2,1H3,(H,14,16)(H,15,17). The van der Waals surface area contributed by atoms with E-state index in [0.717, 1.165) is 0 Å². The number of aromatic amines is 1. The Bertz CT molecular complexity index is 787. The molecule has 2 aromatic rings. The molecule has 0 saturated carbocycles. The molecule has 0 aliphatic carbocycles. The SMILES string of the molecule is CCc1ncc(S(=O)(=O)Nc2cccc(C#CCO)n2)[nH]1. The molecular weight excluding hydrogens is 292 g/mol. The van der Waals surface area contributed by atoms with Crippen LogP contribution in [0.3, 0.4) is 0 Å². The molecule has 2 rings (SSSR count). The summed E-state index contributed by atoms with van der Waals surface area (Å²) in [6.45, 7) is 1.58. The van der Waals surface area contributed by atoms with Crippen LogP contribution in [0.5, 0.6) is 0 Å². The Morgan fingerprint density at radius 2 is 2.24 bits per heavy atom. The van der Waals surface area contributed by atoms with Gasteiger partial charge >= 0.3 is 0 Å². The van der Waals surface area contributed by atoms with Gasteiger partial charge in [-0.3, -0.25) is 4.72 Å². The van der Waals surface area contributed by atoms with E-state index < -0.39 is 10.0 Å². The first-order valence-corrected chi connectivity index (χ1v) is 7.67. The predicted molar refractivity (Wildman–Crippen MR) is 77.0 cm³/mol. The van der Waals surface area contributed by atoms with Gasteiger partial charge in [0.15, 0.2) is 5.03 Å². The molecule has 0 radical (unpaired) electrons. The van der Waals surface area contributed by atoms with E-state index in [0.29, 0.717) is 17.9 Å².